The molecule has 6 unspecified atom stereocenters. The summed E-state index contributed by atoms with van der Waals surface area (Å²) in [5.74, 6) is 5.85. The summed E-state index contributed by atoms with van der Waals surface area (Å²) in [7, 11) is 1.77. The number of hydrogen-bond acceptors (Lipinski definition) is 1. The van der Waals surface area contributed by atoms with Crippen molar-refractivity contribution in [3.8, 4) is 5.75 Å². The molecule has 0 saturated heterocycles. The van der Waals surface area contributed by atoms with Gasteiger partial charge in [-0.25, -0.2) is 0 Å². The Morgan fingerprint density at radius 3 is 1.55 bits per heavy atom. The van der Waals surface area contributed by atoms with Crippen molar-refractivity contribution in [2.24, 2.45) is 23.7 Å². The summed E-state index contributed by atoms with van der Waals surface area (Å²) in [4.78, 5) is 0. The predicted octanol–water partition coefficient (Wildman–Crippen LogP) is 9.30. The molecule has 0 N–H and O–H groups in total. The van der Waals surface area contributed by atoms with Crippen LogP contribution in [-0.4, -0.2) is 7.11 Å². The van der Waals surface area contributed by atoms with Gasteiger partial charge in [-0.3, -0.25) is 0 Å². The largest absolute Gasteiger partial charge is 0.497 e. The van der Waals surface area contributed by atoms with E-state index in [9.17, 15) is 0 Å². The van der Waals surface area contributed by atoms with Gasteiger partial charge in [0, 0.05) is 0 Å². The zero-order valence-corrected chi connectivity index (χ0v) is 21.6. The second-order valence-corrected chi connectivity index (χ2v) is 11.2. The van der Waals surface area contributed by atoms with Crippen LogP contribution in [0.25, 0.3) is 0 Å². The third kappa shape index (κ3) is 5.84. The average molecular weight is 447 g/mol. The van der Waals surface area contributed by atoms with Crippen LogP contribution >= 0.6 is 0 Å². The van der Waals surface area contributed by atoms with E-state index in [-0.39, 0.29) is 0 Å². The molecule has 0 radical (unpaired) electrons. The van der Waals surface area contributed by atoms with E-state index in [1.807, 2.05) is 0 Å². The molecule has 180 valence electrons. The molecule has 2 aromatic carbocycles. The molecule has 2 aromatic rings. The van der Waals surface area contributed by atoms with Gasteiger partial charge in [0.15, 0.2) is 0 Å². The number of rotatable bonds is 8. The fraction of sp³-hybridized carbons (Fsp3) is 0.625. The number of benzene rings is 2. The summed E-state index contributed by atoms with van der Waals surface area (Å²) in [5.41, 5.74) is 4.54. The maximum Gasteiger partial charge on any atom is 0.118 e. The molecular weight excluding hydrogens is 400 g/mol. The Kier molecular flexibility index (Phi) is 8.55. The van der Waals surface area contributed by atoms with E-state index in [0.717, 1.165) is 35.3 Å². The molecule has 6 atom stereocenters. The quantitative estimate of drug-likeness (QED) is 0.392. The Labute approximate surface area is 203 Å². The molecule has 33 heavy (non-hydrogen) atoms. The second-order valence-electron chi connectivity index (χ2n) is 11.2. The van der Waals surface area contributed by atoms with Crippen molar-refractivity contribution in [1.82, 2.24) is 0 Å². The highest BCUT2D eigenvalue weighted by Crippen LogP contribution is 2.54. The maximum atomic E-state index is 5.47. The Morgan fingerprint density at radius 2 is 1.12 bits per heavy atom. The fourth-order valence-corrected chi connectivity index (χ4v) is 7.37. The summed E-state index contributed by atoms with van der Waals surface area (Å²) in [6.45, 7) is 6.96. The zero-order chi connectivity index (χ0) is 23.2. The first-order chi connectivity index (χ1) is 16.1. The summed E-state index contributed by atoms with van der Waals surface area (Å²) < 4.78 is 5.47. The molecule has 2 fully saturated rings. The van der Waals surface area contributed by atoms with Crippen LogP contribution in [0.2, 0.25) is 0 Å². The Balaban J connectivity index is 1.67. The molecule has 0 spiro atoms. The highest BCUT2D eigenvalue weighted by molar-refractivity contribution is 5.31. The van der Waals surface area contributed by atoms with E-state index in [1.165, 1.54) is 69.8 Å². The van der Waals surface area contributed by atoms with E-state index < -0.39 is 0 Å². The van der Waals surface area contributed by atoms with Crippen molar-refractivity contribution in [1.29, 1.82) is 0 Å². The van der Waals surface area contributed by atoms with Crippen LogP contribution in [0.5, 0.6) is 5.75 Å². The predicted molar refractivity (Wildman–Crippen MR) is 141 cm³/mol. The Bertz CT molecular complexity index is 836. The molecule has 0 bridgehead atoms. The van der Waals surface area contributed by atoms with Crippen LogP contribution in [0.15, 0.2) is 48.5 Å². The lowest BCUT2D eigenvalue weighted by atomic mass is 9.57. The van der Waals surface area contributed by atoms with E-state index in [0.29, 0.717) is 5.92 Å². The zero-order valence-electron chi connectivity index (χ0n) is 21.6. The maximum absolute atomic E-state index is 5.47. The van der Waals surface area contributed by atoms with Gasteiger partial charge in [0.2, 0.25) is 0 Å². The Hall–Kier alpha value is -1.76. The van der Waals surface area contributed by atoms with E-state index in [2.05, 4.69) is 69.3 Å². The molecule has 1 heteroatoms. The number of methoxy groups -OCH3 is 1. The van der Waals surface area contributed by atoms with Crippen molar-refractivity contribution >= 4 is 0 Å². The number of hydrogen-bond donors (Lipinski definition) is 0. The van der Waals surface area contributed by atoms with E-state index in [4.69, 9.17) is 4.74 Å². The number of ether oxygens (including phenoxy) is 1. The molecular formula is C32H46O. The molecule has 0 aliphatic heterocycles. The second kappa shape index (κ2) is 11.6. The van der Waals surface area contributed by atoms with Gasteiger partial charge in [-0.2, -0.15) is 0 Å². The van der Waals surface area contributed by atoms with Gasteiger partial charge >= 0.3 is 0 Å². The Morgan fingerprint density at radius 1 is 0.667 bits per heavy atom. The monoisotopic (exact) mass is 446 g/mol. The average Bonchev–Trinajstić information content (AvgIpc) is 2.85. The number of aryl methyl sites for hydroxylation is 1. The van der Waals surface area contributed by atoms with Gasteiger partial charge < -0.3 is 4.74 Å². The first kappa shape index (κ1) is 24.4. The van der Waals surface area contributed by atoms with Crippen LogP contribution in [0.3, 0.4) is 0 Å². The minimum Gasteiger partial charge on any atom is -0.497 e. The van der Waals surface area contributed by atoms with Crippen LogP contribution in [-0.2, 0) is 0 Å². The van der Waals surface area contributed by atoms with Gasteiger partial charge in [-0.1, -0.05) is 81.5 Å². The van der Waals surface area contributed by atoms with Gasteiger partial charge in [-0.05, 0) is 104 Å². The lowest BCUT2D eigenvalue weighted by molar-refractivity contribution is 0.0892. The smallest absolute Gasteiger partial charge is 0.118 e. The third-order valence-corrected chi connectivity index (χ3v) is 9.01. The molecule has 1 nitrogen and oxygen atoms in total. The van der Waals surface area contributed by atoms with Gasteiger partial charge in [-0.15, -0.1) is 0 Å². The molecule has 0 heterocycles. The van der Waals surface area contributed by atoms with Crippen LogP contribution < -0.4 is 4.74 Å². The van der Waals surface area contributed by atoms with Gasteiger partial charge in [0.1, 0.15) is 5.75 Å². The van der Waals surface area contributed by atoms with Crippen molar-refractivity contribution < 1.29 is 4.74 Å². The summed E-state index contributed by atoms with van der Waals surface area (Å²) >= 11 is 0. The first-order valence-electron chi connectivity index (χ1n) is 13.8. The van der Waals surface area contributed by atoms with Crippen molar-refractivity contribution in [3.63, 3.8) is 0 Å². The van der Waals surface area contributed by atoms with Crippen molar-refractivity contribution in [3.05, 3.63) is 65.2 Å². The minimum atomic E-state index is 0.697. The summed E-state index contributed by atoms with van der Waals surface area (Å²) in [6.07, 6.45) is 13.9. The molecule has 2 aliphatic rings. The minimum absolute atomic E-state index is 0.697. The van der Waals surface area contributed by atoms with Crippen LogP contribution in [0.1, 0.15) is 107 Å². The molecule has 4 rings (SSSR count). The normalized spacial score (nSPS) is 30.2. The summed E-state index contributed by atoms with van der Waals surface area (Å²) in [6, 6.07) is 18.7. The highest BCUT2D eigenvalue weighted by Gasteiger charge is 2.42. The standard InChI is InChI=1S/C32H46O/c1-5-7-24-11-19-29(26-13-9-23(3)10-14-26)31(21-24)32-22-25(8-6-2)12-20-30(32)27-15-17-28(33-4)18-16-27/h9-10,13-18,24-25,29-32H,5-8,11-12,19-22H2,1-4H3. The molecule has 0 aromatic heterocycles. The topological polar surface area (TPSA) is 9.23 Å². The molecule has 2 saturated carbocycles. The van der Waals surface area contributed by atoms with Crippen LogP contribution in [0, 0.1) is 30.6 Å². The lowest BCUT2D eigenvalue weighted by Gasteiger charge is -2.47. The molecule has 2 aliphatic carbocycles. The van der Waals surface area contributed by atoms with Crippen LogP contribution in [0.4, 0.5) is 0 Å². The highest BCUT2D eigenvalue weighted by atomic mass is 16.5. The first-order valence-corrected chi connectivity index (χ1v) is 13.8. The third-order valence-electron chi connectivity index (χ3n) is 9.01. The van der Waals surface area contributed by atoms with Gasteiger partial charge in [0.25, 0.3) is 0 Å². The summed E-state index contributed by atoms with van der Waals surface area (Å²) in [5, 5.41) is 0. The SMILES string of the molecule is CCCC1CCC(c2ccc(C)cc2)C(C2CC(CCC)CCC2c2ccc(OC)cc2)C1. The lowest BCUT2D eigenvalue weighted by Crippen LogP contribution is -2.36. The van der Waals surface area contributed by atoms with E-state index >= 15 is 0 Å². The van der Waals surface area contributed by atoms with E-state index in [1.54, 1.807) is 18.2 Å². The van der Waals surface area contributed by atoms with Crippen molar-refractivity contribution in [2.45, 2.75) is 96.8 Å². The molecule has 0 amide bonds. The van der Waals surface area contributed by atoms with Crippen molar-refractivity contribution in [2.75, 3.05) is 7.11 Å². The van der Waals surface area contributed by atoms with Gasteiger partial charge in [0.05, 0.1) is 7.11 Å². The fourth-order valence-electron chi connectivity index (χ4n) is 7.37.